The van der Waals surface area contributed by atoms with E-state index in [1.165, 1.54) is 16.2 Å². The maximum atomic E-state index is 12.3. The van der Waals surface area contributed by atoms with Gasteiger partial charge in [-0.25, -0.2) is 9.97 Å². The van der Waals surface area contributed by atoms with Crippen molar-refractivity contribution >= 4 is 56.8 Å². The Labute approximate surface area is 173 Å². The second-order valence-corrected chi connectivity index (χ2v) is 9.02. The number of anilines is 1. The first-order valence-corrected chi connectivity index (χ1v) is 12.0. The molecule has 3 heterocycles. The summed E-state index contributed by atoms with van der Waals surface area (Å²) < 4.78 is 0. The molecule has 4 nitrogen and oxygen atoms in total. The molecule has 8 heteroatoms. The Balaban J connectivity index is 1.39. The molecule has 0 aliphatic carbocycles. The first kappa shape index (κ1) is 18.4. The van der Waals surface area contributed by atoms with Crippen LogP contribution in [0.1, 0.15) is 5.69 Å². The van der Waals surface area contributed by atoms with Gasteiger partial charge in [0.25, 0.3) is 0 Å². The summed E-state index contributed by atoms with van der Waals surface area (Å²) in [6, 6.07) is 10.3. The van der Waals surface area contributed by atoms with Crippen LogP contribution in [0, 0.1) is 0 Å². The predicted molar refractivity (Wildman–Crippen MR) is 117 cm³/mol. The molecule has 0 saturated heterocycles. The van der Waals surface area contributed by atoms with Gasteiger partial charge in [0.1, 0.15) is 5.01 Å². The van der Waals surface area contributed by atoms with E-state index in [4.69, 9.17) is 0 Å². The number of carbonyl (C=O) groups is 1. The third-order valence-corrected chi connectivity index (χ3v) is 6.92. The topological polar surface area (TPSA) is 54.9 Å². The Morgan fingerprint density at radius 1 is 1.04 bits per heavy atom. The largest absolute Gasteiger partial charge is 0.302 e. The summed E-state index contributed by atoms with van der Waals surface area (Å²) in [5.41, 5.74) is 3.80. The van der Waals surface area contributed by atoms with Crippen molar-refractivity contribution in [3.05, 3.63) is 57.5 Å². The highest BCUT2D eigenvalue weighted by molar-refractivity contribution is 7.98. The fraction of sp³-hybridized carbons (Fsp3) is 0.105. The van der Waals surface area contributed by atoms with E-state index in [9.17, 15) is 4.79 Å². The first-order chi connectivity index (χ1) is 13.2. The number of aromatic nitrogens is 2. The molecule has 0 aliphatic rings. The molecule has 0 bridgehead atoms. The Morgan fingerprint density at radius 2 is 1.89 bits per heavy atom. The molecule has 0 atom stereocenters. The zero-order valence-corrected chi connectivity index (χ0v) is 17.6. The minimum absolute atomic E-state index is 0.101. The maximum absolute atomic E-state index is 12.3. The lowest BCUT2D eigenvalue weighted by atomic mass is 10.2. The number of thioether (sulfide) groups is 1. The Morgan fingerprint density at radius 3 is 2.63 bits per heavy atom. The van der Waals surface area contributed by atoms with Gasteiger partial charge in [-0.3, -0.25) is 4.79 Å². The molecule has 0 spiro atoms. The average molecular weight is 430 g/mol. The van der Waals surface area contributed by atoms with Crippen LogP contribution in [0.3, 0.4) is 0 Å². The number of hydrogen-bond donors (Lipinski definition) is 1. The van der Waals surface area contributed by atoms with Crippen LogP contribution in [-0.2, 0) is 11.2 Å². The van der Waals surface area contributed by atoms with Crippen molar-refractivity contribution in [1.29, 1.82) is 0 Å². The fourth-order valence-electron chi connectivity index (χ4n) is 2.46. The molecular weight excluding hydrogens is 414 g/mol. The van der Waals surface area contributed by atoms with Gasteiger partial charge in [-0.1, -0.05) is 12.1 Å². The third-order valence-electron chi connectivity index (χ3n) is 3.80. The molecular formula is C19H15N3OS4. The fourth-order valence-corrected chi connectivity index (χ4v) is 5.14. The molecule has 3 aromatic heterocycles. The Bertz CT molecular complexity index is 1040. The summed E-state index contributed by atoms with van der Waals surface area (Å²) in [6.07, 6.45) is 2.30. The molecule has 27 heavy (non-hydrogen) atoms. The van der Waals surface area contributed by atoms with Crippen molar-refractivity contribution in [2.24, 2.45) is 0 Å². The van der Waals surface area contributed by atoms with Crippen molar-refractivity contribution in [1.82, 2.24) is 9.97 Å². The van der Waals surface area contributed by atoms with E-state index in [1.807, 2.05) is 34.3 Å². The second kappa shape index (κ2) is 8.35. The summed E-state index contributed by atoms with van der Waals surface area (Å²) in [7, 11) is 0. The number of rotatable bonds is 6. The summed E-state index contributed by atoms with van der Waals surface area (Å²) in [5.74, 6) is -0.101. The average Bonchev–Trinajstić information content (AvgIpc) is 3.43. The summed E-state index contributed by atoms with van der Waals surface area (Å²) in [6.45, 7) is 0. The van der Waals surface area contributed by atoms with Crippen molar-refractivity contribution in [3.63, 3.8) is 0 Å². The molecule has 1 N–H and O–H groups in total. The smallest absolute Gasteiger partial charge is 0.232 e. The molecule has 136 valence electrons. The first-order valence-electron chi connectivity index (χ1n) is 8.08. The highest BCUT2D eigenvalue weighted by atomic mass is 32.2. The molecule has 0 fully saturated rings. The van der Waals surface area contributed by atoms with Crippen molar-refractivity contribution < 1.29 is 4.79 Å². The molecule has 0 radical (unpaired) electrons. The van der Waals surface area contributed by atoms with Gasteiger partial charge in [-0.2, -0.15) is 11.3 Å². The van der Waals surface area contributed by atoms with Gasteiger partial charge in [0.2, 0.25) is 5.91 Å². The molecule has 0 aliphatic heterocycles. The van der Waals surface area contributed by atoms with Crippen LogP contribution in [0.5, 0.6) is 0 Å². The standard InChI is InChI=1S/C19H15N3OS4/c1-24-15-4-2-12(3-5-15)16-11-27-19(21-16)22-17(23)8-14-10-26-18(20-14)13-6-7-25-9-13/h2-7,9-11H,8H2,1H3,(H,21,22,23). The molecule has 0 unspecified atom stereocenters. The van der Waals surface area contributed by atoms with Gasteiger partial charge >= 0.3 is 0 Å². The van der Waals surface area contributed by atoms with Crippen LogP contribution >= 0.6 is 45.8 Å². The number of thiophene rings is 1. The number of benzene rings is 1. The minimum atomic E-state index is -0.101. The summed E-state index contributed by atoms with van der Waals surface area (Å²) >= 11 is 6.34. The number of thiazole rings is 2. The third kappa shape index (κ3) is 4.47. The van der Waals surface area contributed by atoms with Gasteiger partial charge in [0.05, 0.1) is 17.8 Å². The van der Waals surface area contributed by atoms with Crippen LogP contribution in [0.15, 0.2) is 56.7 Å². The van der Waals surface area contributed by atoms with Gasteiger partial charge in [-0.15, -0.1) is 34.4 Å². The van der Waals surface area contributed by atoms with E-state index in [0.29, 0.717) is 5.13 Å². The molecule has 4 rings (SSSR count). The zero-order chi connectivity index (χ0) is 18.6. The van der Waals surface area contributed by atoms with E-state index < -0.39 is 0 Å². The van der Waals surface area contributed by atoms with E-state index in [1.54, 1.807) is 34.4 Å². The predicted octanol–water partition coefficient (Wildman–Crippen LogP) is 5.90. The molecule has 1 amide bonds. The van der Waals surface area contributed by atoms with Gasteiger partial charge in [-0.05, 0) is 29.8 Å². The quantitative estimate of drug-likeness (QED) is 0.388. The Kier molecular flexibility index (Phi) is 5.68. The van der Waals surface area contributed by atoms with E-state index >= 15 is 0 Å². The van der Waals surface area contributed by atoms with Gasteiger partial charge in [0.15, 0.2) is 5.13 Å². The highest BCUT2D eigenvalue weighted by Gasteiger charge is 2.12. The van der Waals surface area contributed by atoms with Crippen molar-refractivity contribution in [2.45, 2.75) is 11.3 Å². The number of nitrogens with one attached hydrogen (secondary N) is 1. The lowest BCUT2D eigenvalue weighted by molar-refractivity contribution is -0.115. The Hall–Kier alpha value is -2.00. The number of hydrogen-bond acceptors (Lipinski definition) is 7. The molecule has 0 saturated carbocycles. The normalized spacial score (nSPS) is 10.9. The number of carbonyl (C=O) groups excluding carboxylic acids is 1. The van der Waals surface area contributed by atoms with Crippen LogP contribution < -0.4 is 5.32 Å². The minimum Gasteiger partial charge on any atom is -0.302 e. The van der Waals surface area contributed by atoms with E-state index in [2.05, 4.69) is 39.1 Å². The van der Waals surface area contributed by atoms with Crippen LogP contribution in [0.25, 0.3) is 21.8 Å². The number of amides is 1. The van der Waals surface area contributed by atoms with Crippen molar-refractivity contribution in [2.75, 3.05) is 11.6 Å². The summed E-state index contributed by atoms with van der Waals surface area (Å²) in [4.78, 5) is 22.6. The lowest BCUT2D eigenvalue weighted by Crippen LogP contribution is -2.14. The highest BCUT2D eigenvalue weighted by Crippen LogP contribution is 2.28. The van der Waals surface area contributed by atoms with Gasteiger partial charge in [0, 0.05) is 32.2 Å². The van der Waals surface area contributed by atoms with Crippen LogP contribution in [0.4, 0.5) is 5.13 Å². The summed E-state index contributed by atoms with van der Waals surface area (Å²) in [5, 5.41) is 12.4. The van der Waals surface area contributed by atoms with Crippen LogP contribution in [-0.4, -0.2) is 22.1 Å². The zero-order valence-electron chi connectivity index (χ0n) is 14.3. The maximum Gasteiger partial charge on any atom is 0.232 e. The van der Waals surface area contributed by atoms with Gasteiger partial charge < -0.3 is 5.32 Å². The number of nitrogens with zero attached hydrogens (tertiary/aromatic N) is 2. The molecule has 1 aromatic carbocycles. The van der Waals surface area contributed by atoms with E-state index in [0.717, 1.165) is 27.5 Å². The van der Waals surface area contributed by atoms with Crippen LogP contribution in [0.2, 0.25) is 0 Å². The SMILES string of the molecule is CSc1ccc(-c2csc(NC(=O)Cc3csc(-c4ccsc4)n3)n2)cc1. The monoisotopic (exact) mass is 429 g/mol. The van der Waals surface area contributed by atoms with Crippen molar-refractivity contribution in [3.8, 4) is 21.8 Å². The molecule has 4 aromatic rings. The lowest BCUT2D eigenvalue weighted by Gasteiger charge is -2.00. The van der Waals surface area contributed by atoms with E-state index in [-0.39, 0.29) is 12.3 Å². The second-order valence-electron chi connectivity index (χ2n) is 5.65.